The summed E-state index contributed by atoms with van der Waals surface area (Å²) in [7, 11) is 0. The monoisotopic (exact) mass is 162 g/mol. The predicted molar refractivity (Wildman–Crippen MR) is 44.4 cm³/mol. The van der Waals surface area contributed by atoms with Crippen LogP contribution in [0, 0.1) is 0 Å². The van der Waals surface area contributed by atoms with Gasteiger partial charge in [0, 0.05) is 6.61 Å². The number of hydrogen-bond donors (Lipinski definition) is 0. The van der Waals surface area contributed by atoms with Crippen LogP contribution in [0.3, 0.4) is 0 Å². The van der Waals surface area contributed by atoms with Gasteiger partial charge in [0.1, 0.15) is 0 Å². The summed E-state index contributed by atoms with van der Waals surface area (Å²) in [4.78, 5) is -0.198. The first-order valence-electron chi connectivity index (χ1n) is 2.83. The summed E-state index contributed by atoms with van der Waals surface area (Å²) in [6.45, 7) is 7.21. The zero-order valence-corrected chi connectivity index (χ0v) is 8.58. The first kappa shape index (κ1) is 12.7. The largest absolute Gasteiger partial charge is 2.00 e. The fourth-order valence-electron chi connectivity index (χ4n) is 0.345. The molecule has 0 unspecified atom stereocenters. The maximum Gasteiger partial charge on any atom is 2.00 e. The van der Waals surface area contributed by atoms with Crippen LogP contribution >= 0.6 is 11.6 Å². The van der Waals surface area contributed by atoms with Gasteiger partial charge in [-0.15, -0.1) is 11.6 Å². The molecule has 0 atom stereocenters. The second kappa shape index (κ2) is 5.78. The zero-order valence-electron chi connectivity index (χ0n) is 8.41. The van der Waals surface area contributed by atoms with Crippen molar-refractivity contribution in [2.45, 2.75) is 25.6 Å². The minimum atomic E-state index is -0.198. The normalized spacial score (nSPS) is 10.7. The molecule has 0 radical (unpaired) electrons. The van der Waals surface area contributed by atoms with Gasteiger partial charge in [-0.3, -0.25) is 0 Å². The van der Waals surface area contributed by atoms with E-state index >= 15 is 0 Å². The molecule has 0 rings (SSSR count). The van der Waals surface area contributed by atoms with Crippen molar-refractivity contribution < 1.29 is 7.59 Å². The molecule has 0 aliphatic heterocycles. The summed E-state index contributed by atoms with van der Waals surface area (Å²) >= 11 is 5.79. The third-order valence-electron chi connectivity index (χ3n) is 0.649. The molecule has 0 amide bonds. The van der Waals surface area contributed by atoms with Gasteiger partial charge in [-0.2, -0.15) is 0 Å². The van der Waals surface area contributed by atoms with Gasteiger partial charge >= 0.3 is 23.1 Å². The standard InChI is InChI=1S/C6H13ClO.Mg.2H/c1-4-8-5-6(2,3)7;;;/h4-5H2,1-3H3;;;/q;+2;2*-1. The second-order valence-electron chi connectivity index (χ2n) is 2.36. The summed E-state index contributed by atoms with van der Waals surface area (Å²) < 4.78 is 5.07. The van der Waals surface area contributed by atoms with Crippen molar-refractivity contribution in [3.63, 3.8) is 0 Å². The zero-order chi connectivity index (χ0) is 6.62. The van der Waals surface area contributed by atoms with E-state index in [0.717, 1.165) is 6.61 Å². The first-order valence-corrected chi connectivity index (χ1v) is 3.20. The van der Waals surface area contributed by atoms with E-state index in [9.17, 15) is 0 Å². The van der Waals surface area contributed by atoms with E-state index in [1.165, 1.54) is 0 Å². The molecule has 0 saturated carbocycles. The smallest absolute Gasteiger partial charge is 1.00 e. The molecule has 0 heterocycles. The molecule has 0 bridgehead atoms. The Morgan fingerprint density at radius 3 is 2.11 bits per heavy atom. The number of rotatable bonds is 3. The van der Waals surface area contributed by atoms with Crippen LogP contribution in [0.15, 0.2) is 0 Å². The molecule has 1 nitrogen and oxygen atoms in total. The number of halogens is 1. The van der Waals surface area contributed by atoms with Crippen molar-refractivity contribution in [3.8, 4) is 0 Å². The van der Waals surface area contributed by atoms with E-state index < -0.39 is 0 Å². The van der Waals surface area contributed by atoms with Crippen LogP contribution in [-0.4, -0.2) is 41.1 Å². The third kappa shape index (κ3) is 12.3. The maximum atomic E-state index is 5.79. The quantitative estimate of drug-likeness (QED) is 0.455. The summed E-state index contributed by atoms with van der Waals surface area (Å²) in [6, 6.07) is 0. The van der Waals surface area contributed by atoms with Crippen molar-refractivity contribution in [2.75, 3.05) is 13.2 Å². The van der Waals surface area contributed by atoms with E-state index in [1.54, 1.807) is 0 Å². The Hall–Kier alpha value is 1.02. The van der Waals surface area contributed by atoms with Crippen LogP contribution in [0.2, 0.25) is 0 Å². The molecule has 0 spiro atoms. The average Bonchev–Trinajstić information content (AvgIpc) is 1.59. The summed E-state index contributed by atoms with van der Waals surface area (Å²) in [5.41, 5.74) is 0. The van der Waals surface area contributed by atoms with E-state index in [2.05, 4.69) is 0 Å². The predicted octanol–water partition coefficient (Wildman–Crippen LogP) is 1.88. The van der Waals surface area contributed by atoms with Crippen LogP contribution in [-0.2, 0) is 4.74 Å². The van der Waals surface area contributed by atoms with Crippen molar-refractivity contribution in [2.24, 2.45) is 0 Å². The number of alkyl halides is 1. The van der Waals surface area contributed by atoms with Gasteiger partial charge in [0.2, 0.25) is 0 Å². The van der Waals surface area contributed by atoms with Crippen LogP contribution in [0.25, 0.3) is 0 Å². The molecule has 0 aromatic carbocycles. The van der Waals surface area contributed by atoms with E-state index in [-0.39, 0.29) is 30.8 Å². The number of hydrogen-bond acceptors (Lipinski definition) is 1. The Balaban J connectivity index is -0.0000000817. The van der Waals surface area contributed by atoms with Gasteiger partial charge in [0.15, 0.2) is 0 Å². The Morgan fingerprint density at radius 1 is 1.56 bits per heavy atom. The Morgan fingerprint density at radius 2 is 2.00 bits per heavy atom. The van der Waals surface area contributed by atoms with Gasteiger partial charge in [-0.25, -0.2) is 0 Å². The minimum absolute atomic E-state index is 0. The van der Waals surface area contributed by atoms with Crippen molar-refractivity contribution >= 4 is 34.7 Å². The SMILES string of the molecule is CCOCC(C)(C)Cl.[H-].[H-].[Mg+2]. The van der Waals surface area contributed by atoms with Crippen LogP contribution in [0.5, 0.6) is 0 Å². The molecule has 9 heavy (non-hydrogen) atoms. The average molecular weight is 163 g/mol. The molecular formula is C6H15ClMgO. The first-order chi connectivity index (χ1) is 3.56. The Labute approximate surface area is 81.2 Å². The van der Waals surface area contributed by atoms with Gasteiger partial charge in [0.25, 0.3) is 0 Å². The molecule has 0 N–H and O–H groups in total. The fourth-order valence-corrected chi connectivity index (χ4v) is 0.422. The molecule has 0 aromatic heterocycles. The third-order valence-corrected chi connectivity index (χ3v) is 0.759. The summed E-state index contributed by atoms with van der Waals surface area (Å²) in [5.74, 6) is 0. The summed E-state index contributed by atoms with van der Waals surface area (Å²) in [6.07, 6.45) is 0. The Bertz CT molecular complexity index is 68.1. The Kier molecular flexibility index (Phi) is 8.13. The van der Waals surface area contributed by atoms with Crippen LogP contribution in [0.4, 0.5) is 0 Å². The molecule has 54 valence electrons. The van der Waals surface area contributed by atoms with E-state index in [4.69, 9.17) is 16.3 Å². The fraction of sp³-hybridized carbons (Fsp3) is 1.00. The van der Waals surface area contributed by atoms with Crippen molar-refractivity contribution in [1.82, 2.24) is 0 Å². The van der Waals surface area contributed by atoms with Gasteiger partial charge in [0.05, 0.1) is 11.5 Å². The molecule has 0 aliphatic rings. The van der Waals surface area contributed by atoms with E-state index in [1.807, 2.05) is 20.8 Å². The van der Waals surface area contributed by atoms with E-state index in [0.29, 0.717) is 6.61 Å². The van der Waals surface area contributed by atoms with Gasteiger partial charge < -0.3 is 7.59 Å². The molecular weight excluding hydrogens is 148 g/mol. The van der Waals surface area contributed by atoms with Gasteiger partial charge in [-0.1, -0.05) is 0 Å². The van der Waals surface area contributed by atoms with Crippen LogP contribution < -0.4 is 0 Å². The van der Waals surface area contributed by atoms with Crippen LogP contribution in [0.1, 0.15) is 23.6 Å². The molecule has 3 heteroatoms. The molecule has 0 aliphatic carbocycles. The molecule has 0 aromatic rings. The van der Waals surface area contributed by atoms with Crippen molar-refractivity contribution in [1.29, 1.82) is 0 Å². The second-order valence-corrected chi connectivity index (χ2v) is 3.38. The minimum Gasteiger partial charge on any atom is -1.00 e. The number of ether oxygens (including phenoxy) is 1. The van der Waals surface area contributed by atoms with Crippen molar-refractivity contribution in [3.05, 3.63) is 0 Å². The maximum absolute atomic E-state index is 5.79. The molecule has 0 fully saturated rings. The van der Waals surface area contributed by atoms with Gasteiger partial charge in [-0.05, 0) is 20.8 Å². The molecule has 0 saturated heterocycles. The summed E-state index contributed by atoms with van der Waals surface area (Å²) in [5, 5.41) is 0. The topological polar surface area (TPSA) is 9.23 Å².